The van der Waals surface area contributed by atoms with Gasteiger partial charge in [0.25, 0.3) is 0 Å². The first kappa shape index (κ1) is 19.9. The standard InChI is InChI=1S/C19H29N5O2/c1-5-20-18(21-11-15(13-25)14-9-7-6-8-10-14)22-12-16-23-17(26-24-16)19(2,3)4/h6-10,15,25H,5,11-13H2,1-4H3,(H2,20,21,22). The van der Waals surface area contributed by atoms with Crippen LogP contribution in [0.1, 0.15) is 50.9 Å². The zero-order valence-corrected chi connectivity index (χ0v) is 16.0. The smallest absolute Gasteiger partial charge is 0.232 e. The Morgan fingerprint density at radius 1 is 1.23 bits per heavy atom. The van der Waals surface area contributed by atoms with E-state index in [0.717, 1.165) is 12.1 Å². The minimum absolute atomic E-state index is 0.00211. The SMILES string of the molecule is CCNC(=NCc1noc(C(C)(C)C)n1)NCC(CO)c1ccccc1. The summed E-state index contributed by atoms with van der Waals surface area (Å²) in [6, 6.07) is 9.94. The molecule has 0 aliphatic heterocycles. The van der Waals surface area contributed by atoms with Gasteiger partial charge < -0.3 is 20.3 Å². The zero-order chi connectivity index (χ0) is 19.0. The van der Waals surface area contributed by atoms with E-state index < -0.39 is 0 Å². The van der Waals surface area contributed by atoms with Crippen molar-refractivity contribution >= 4 is 5.96 Å². The summed E-state index contributed by atoms with van der Waals surface area (Å²) in [5.41, 5.74) is 0.910. The van der Waals surface area contributed by atoms with E-state index in [-0.39, 0.29) is 17.9 Å². The molecule has 0 spiro atoms. The Bertz CT molecular complexity index is 691. The van der Waals surface area contributed by atoms with Crippen LogP contribution in [-0.2, 0) is 12.0 Å². The molecule has 0 aliphatic carbocycles. The van der Waals surface area contributed by atoms with Crippen molar-refractivity contribution in [2.75, 3.05) is 19.7 Å². The van der Waals surface area contributed by atoms with Gasteiger partial charge in [-0.1, -0.05) is 56.3 Å². The molecule has 142 valence electrons. The molecule has 0 fully saturated rings. The van der Waals surface area contributed by atoms with Crippen LogP contribution < -0.4 is 10.6 Å². The van der Waals surface area contributed by atoms with Crippen LogP contribution >= 0.6 is 0 Å². The quantitative estimate of drug-likeness (QED) is 0.518. The largest absolute Gasteiger partial charge is 0.396 e. The topological polar surface area (TPSA) is 95.6 Å². The van der Waals surface area contributed by atoms with Crippen LogP contribution in [-0.4, -0.2) is 40.9 Å². The summed E-state index contributed by atoms with van der Waals surface area (Å²) >= 11 is 0. The van der Waals surface area contributed by atoms with Crippen LogP contribution in [0.4, 0.5) is 0 Å². The molecule has 1 heterocycles. The number of hydrogen-bond donors (Lipinski definition) is 3. The molecule has 0 amide bonds. The van der Waals surface area contributed by atoms with Crippen molar-refractivity contribution in [3.8, 4) is 0 Å². The normalized spacial score (nSPS) is 13.5. The maximum absolute atomic E-state index is 9.68. The van der Waals surface area contributed by atoms with Crippen LogP contribution in [0.2, 0.25) is 0 Å². The average molecular weight is 359 g/mol. The number of benzene rings is 1. The molecule has 1 unspecified atom stereocenters. The van der Waals surface area contributed by atoms with E-state index in [1.54, 1.807) is 0 Å². The first-order valence-electron chi connectivity index (χ1n) is 8.95. The molecular weight excluding hydrogens is 330 g/mol. The van der Waals surface area contributed by atoms with Gasteiger partial charge in [-0.3, -0.25) is 0 Å². The predicted molar refractivity (Wildman–Crippen MR) is 102 cm³/mol. The van der Waals surface area contributed by atoms with Crippen molar-refractivity contribution in [2.45, 2.75) is 45.6 Å². The molecule has 0 saturated carbocycles. The minimum atomic E-state index is -0.179. The van der Waals surface area contributed by atoms with Crippen LogP contribution in [0.25, 0.3) is 0 Å². The summed E-state index contributed by atoms with van der Waals surface area (Å²) in [6.07, 6.45) is 0. The Labute approximate surface area is 154 Å². The lowest BCUT2D eigenvalue weighted by molar-refractivity contribution is 0.265. The van der Waals surface area contributed by atoms with Crippen molar-refractivity contribution in [1.82, 2.24) is 20.8 Å². The highest BCUT2D eigenvalue weighted by molar-refractivity contribution is 5.79. The fourth-order valence-electron chi connectivity index (χ4n) is 2.35. The molecular formula is C19H29N5O2. The molecule has 0 bridgehead atoms. The van der Waals surface area contributed by atoms with Gasteiger partial charge in [-0.15, -0.1) is 0 Å². The molecule has 7 heteroatoms. The van der Waals surface area contributed by atoms with Gasteiger partial charge in [0.2, 0.25) is 5.89 Å². The minimum Gasteiger partial charge on any atom is -0.396 e. The monoisotopic (exact) mass is 359 g/mol. The number of aliphatic hydroxyl groups excluding tert-OH is 1. The molecule has 1 atom stereocenters. The Morgan fingerprint density at radius 2 is 1.96 bits per heavy atom. The van der Waals surface area contributed by atoms with Crippen LogP contribution in [0.15, 0.2) is 39.8 Å². The maximum atomic E-state index is 9.68. The molecule has 1 aromatic carbocycles. The van der Waals surface area contributed by atoms with Gasteiger partial charge in [-0.05, 0) is 12.5 Å². The summed E-state index contributed by atoms with van der Waals surface area (Å²) in [5, 5.41) is 20.1. The molecule has 0 radical (unpaired) electrons. The lowest BCUT2D eigenvalue weighted by atomic mass is 9.97. The third-order valence-electron chi connectivity index (χ3n) is 3.84. The summed E-state index contributed by atoms with van der Waals surface area (Å²) in [6.45, 7) is 9.78. The van der Waals surface area contributed by atoms with Gasteiger partial charge in [0.15, 0.2) is 11.8 Å². The Morgan fingerprint density at radius 3 is 2.54 bits per heavy atom. The first-order valence-corrected chi connectivity index (χ1v) is 8.95. The van der Waals surface area contributed by atoms with Crippen LogP contribution in [0, 0.1) is 0 Å². The van der Waals surface area contributed by atoms with E-state index in [4.69, 9.17) is 4.52 Å². The lowest BCUT2D eigenvalue weighted by Gasteiger charge is -2.17. The van der Waals surface area contributed by atoms with E-state index in [2.05, 4.69) is 25.8 Å². The summed E-state index contributed by atoms with van der Waals surface area (Å²) < 4.78 is 5.29. The van der Waals surface area contributed by atoms with Gasteiger partial charge >= 0.3 is 0 Å². The van der Waals surface area contributed by atoms with E-state index in [9.17, 15) is 5.11 Å². The first-order chi connectivity index (χ1) is 12.4. The Hall–Kier alpha value is -2.41. The fraction of sp³-hybridized carbons (Fsp3) is 0.526. The van der Waals surface area contributed by atoms with Gasteiger partial charge in [-0.2, -0.15) is 4.98 Å². The van der Waals surface area contributed by atoms with E-state index >= 15 is 0 Å². The molecule has 0 aliphatic rings. The highest BCUT2D eigenvalue weighted by Crippen LogP contribution is 2.19. The number of nitrogens with zero attached hydrogens (tertiary/aromatic N) is 3. The summed E-state index contributed by atoms with van der Waals surface area (Å²) in [4.78, 5) is 8.90. The van der Waals surface area contributed by atoms with Crippen molar-refractivity contribution in [3.63, 3.8) is 0 Å². The van der Waals surface area contributed by atoms with E-state index in [0.29, 0.717) is 30.8 Å². The second-order valence-electron chi connectivity index (χ2n) is 7.13. The van der Waals surface area contributed by atoms with E-state index in [1.165, 1.54) is 0 Å². The highest BCUT2D eigenvalue weighted by Gasteiger charge is 2.21. The third-order valence-corrected chi connectivity index (χ3v) is 3.84. The van der Waals surface area contributed by atoms with Gasteiger partial charge in [0.05, 0.1) is 6.61 Å². The predicted octanol–water partition coefficient (Wildman–Crippen LogP) is 2.20. The Balaban J connectivity index is 1.99. The number of nitrogens with one attached hydrogen (secondary N) is 2. The second-order valence-corrected chi connectivity index (χ2v) is 7.13. The van der Waals surface area contributed by atoms with Gasteiger partial charge in [-0.25, -0.2) is 4.99 Å². The van der Waals surface area contributed by atoms with Crippen LogP contribution in [0.3, 0.4) is 0 Å². The number of aromatic nitrogens is 2. The second kappa shape index (κ2) is 9.33. The summed E-state index contributed by atoms with van der Waals surface area (Å²) in [5.74, 6) is 1.81. The number of hydrogen-bond acceptors (Lipinski definition) is 5. The molecule has 0 saturated heterocycles. The molecule has 2 rings (SSSR count). The summed E-state index contributed by atoms with van der Waals surface area (Å²) in [7, 11) is 0. The fourth-order valence-corrected chi connectivity index (χ4v) is 2.35. The Kier molecular flexibility index (Phi) is 7.15. The average Bonchev–Trinajstić information content (AvgIpc) is 3.10. The lowest BCUT2D eigenvalue weighted by Crippen LogP contribution is -2.40. The van der Waals surface area contributed by atoms with Crippen molar-refractivity contribution < 1.29 is 9.63 Å². The van der Waals surface area contributed by atoms with E-state index in [1.807, 2.05) is 58.0 Å². The highest BCUT2D eigenvalue weighted by atomic mass is 16.5. The van der Waals surface area contributed by atoms with Crippen molar-refractivity contribution in [3.05, 3.63) is 47.6 Å². The van der Waals surface area contributed by atoms with Crippen LogP contribution in [0.5, 0.6) is 0 Å². The zero-order valence-electron chi connectivity index (χ0n) is 16.0. The number of aliphatic hydroxyl groups is 1. The molecule has 1 aromatic heterocycles. The van der Waals surface area contributed by atoms with Crippen molar-refractivity contribution in [1.29, 1.82) is 0 Å². The molecule has 2 aromatic rings. The molecule has 26 heavy (non-hydrogen) atoms. The number of guanidine groups is 1. The van der Waals surface area contributed by atoms with Gasteiger partial charge in [0, 0.05) is 24.4 Å². The molecule has 3 N–H and O–H groups in total. The van der Waals surface area contributed by atoms with Crippen molar-refractivity contribution in [2.24, 2.45) is 4.99 Å². The number of aliphatic imine (C=N–C) groups is 1. The number of rotatable bonds is 7. The maximum Gasteiger partial charge on any atom is 0.232 e. The molecule has 7 nitrogen and oxygen atoms in total. The van der Waals surface area contributed by atoms with Gasteiger partial charge in [0.1, 0.15) is 6.54 Å². The third kappa shape index (κ3) is 5.84.